The van der Waals surface area contributed by atoms with Crippen molar-refractivity contribution in [1.82, 2.24) is 16.0 Å². The fraction of sp³-hybridized carbons (Fsp3) is 0.316. The van der Waals surface area contributed by atoms with Gasteiger partial charge in [-0.1, -0.05) is 84.4 Å². The molecule has 9 nitrogen and oxygen atoms in total. The summed E-state index contributed by atoms with van der Waals surface area (Å²) in [7, 11) is -2.34. The highest BCUT2D eigenvalue weighted by Gasteiger charge is 2.25. The zero-order chi connectivity index (χ0) is 35.0. The summed E-state index contributed by atoms with van der Waals surface area (Å²) < 4.78 is 26.0. The summed E-state index contributed by atoms with van der Waals surface area (Å²) in [5.41, 5.74) is 5.48. The molecule has 0 saturated carbocycles. The largest absolute Gasteiger partial charge is 0.390 e. The van der Waals surface area contributed by atoms with E-state index in [-0.39, 0.29) is 35.4 Å². The van der Waals surface area contributed by atoms with Crippen LogP contribution in [-0.2, 0) is 16.4 Å². The first-order valence-electron chi connectivity index (χ1n) is 16.0. The number of benzene rings is 4. The Morgan fingerprint density at radius 2 is 1.38 bits per heavy atom. The van der Waals surface area contributed by atoms with Crippen molar-refractivity contribution in [2.24, 2.45) is 0 Å². The Bertz CT molecular complexity index is 1810. The number of nitrogens with one attached hydrogen (secondary N) is 3. The SMILES string of the molecule is Cc1ccc([C@@H](C)NC[C@@H](O)[C@H](Cc2ccccc2)NC(=O)c2cc(C(=O)NC(C)c3ccccc3C)cc(N(C)S(C)(=O)=O)c2)cc1. The van der Waals surface area contributed by atoms with Crippen molar-refractivity contribution < 1.29 is 23.1 Å². The van der Waals surface area contributed by atoms with Crippen LogP contribution in [0.15, 0.2) is 97.1 Å². The number of amides is 2. The molecule has 0 fully saturated rings. The molecular weight excluding hydrogens is 625 g/mol. The Balaban J connectivity index is 1.60. The minimum Gasteiger partial charge on any atom is -0.390 e. The van der Waals surface area contributed by atoms with Crippen LogP contribution in [0.1, 0.15) is 74.5 Å². The summed E-state index contributed by atoms with van der Waals surface area (Å²) in [5, 5.41) is 20.7. The maximum Gasteiger partial charge on any atom is 0.251 e. The lowest BCUT2D eigenvalue weighted by atomic mass is 9.99. The van der Waals surface area contributed by atoms with E-state index in [1.54, 1.807) is 0 Å². The highest BCUT2D eigenvalue weighted by Crippen LogP contribution is 2.23. The van der Waals surface area contributed by atoms with Gasteiger partial charge in [0.2, 0.25) is 10.0 Å². The van der Waals surface area contributed by atoms with Gasteiger partial charge < -0.3 is 21.1 Å². The molecule has 2 amide bonds. The van der Waals surface area contributed by atoms with Gasteiger partial charge in [-0.15, -0.1) is 0 Å². The number of hydrogen-bond acceptors (Lipinski definition) is 6. The molecule has 0 heterocycles. The van der Waals surface area contributed by atoms with E-state index >= 15 is 0 Å². The second kappa shape index (κ2) is 16.1. The Labute approximate surface area is 284 Å². The molecule has 1 unspecified atom stereocenters. The van der Waals surface area contributed by atoms with Crippen molar-refractivity contribution in [2.75, 3.05) is 24.2 Å². The molecule has 0 aliphatic heterocycles. The third-order valence-corrected chi connectivity index (χ3v) is 9.80. The molecule has 4 rings (SSSR count). The number of nitrogens with zero attached hydrogens (tertiary/aromatic N) is 1. The topological polar surface area (TPSA) is 128 Å². The van der Waals surface area contributed by atoms with E-state index in [9.17, 15) is 23.1 Å². The third kappa shape index (κ3) is 9.76. The van der Waals surface area contributed by atoms with Gasteiger partial charge in [-0.25, -0.2) is 8.42 Å². The zero-order valence-electron chi connectivity index (χ0n) is 28.4. The van der Waals surface area contributed by atoms with Gasteiger partial charge in [0.15, 0.2) is 0 Å². The molecule has 10 heteroatoms. The molecule has 4 N–H and O–H groups in total. The van der Waals surface area contributed by atoms with E-state index in [2.05, 4.69) is 16.0 Å². The molecule has 4 aromatic carbocycles. The average Bonchev–Trinajstić information content (AvgIpc) is 3.06. The van der Waals surface area contributed by atoms with E-state index in [1.165, 1.54) is 25.2 Å². The number of carbonyl (C=O) groups is 2. The minimum atomic E-state index is -3.71. The lowest BCUT2D eigenvalue weighted by Gasteiger charge is -2.27. The molecule has 0 radical (unpaired) electrons. The fourth-order valence-electron chi connectivity index (χ4n) is 5.49. The smallest absolute Gasteiger partial charge is 0.251 e. The normalized spacial score (nSPS) is 14.0. The Morgan fingerprint density at radius 1 is 0.792 bits per heavy atom. The number of hydrogen-bond donors (Lipinski definition) is 4. The Morgan fingerprint density at radius 3 is 1.98 bits per heavy atom. The van der Waals surface area contributed by atoms with Gasteiger partial charge >= 0.3 is 0 Å². The zero-order valence-corrected chi connectivity index (χ0v) is 29.2. The van der Waals surface area contributed by atoms with E-state index in [1.807, 2.05) is 107 Å². The third-order valence-electron chi connectivity index (χ3n) is 8.60. The molecule has 0 bridgehead atoms. The number of carbonyl (C=O) groups excluding carboxylic acids is 2. The summed E-state index contributed by atoms with van der Waals surface area (Å²) in [4.78, 5) is 27.4. The van der Waals surface area contributed by atoms with Crippen molar-refractivity contribution in [3.8, 4) is 0 Å². The maximum atomic E-state index is 13.9. The van der Waals surface area contributed by atoms with Crippen LogP contribution in [0.3, 0.4) is 0 Å². The van der Waals surface area contributed by atoms with Gasteiger partial charge in [0, 0.05) is 30.8 Å². The second-order valence-electron chi connectivity index (χ2n) is 12.4. The van der Waals surface area contributed by atoms with Crippen molar-refractivity contribution >= 4 is 27.5 Å². The van der Waals surface area contributed by atoms with Crippen LogP contribution in [-0.4, -0.2) is 57.3 Å². The van der Waals surface area contributed by atoms with Crippen LogP contribution >= 0.6 is 0 Å². The Kier molecular flexibility index (Phi) is 12.2. The minimum absolute atomic E-state index is 0.0420. The molecule has 4 aromatic rings. The first-order valence-corrected chi connectivity index (χ1v) is 17.9. The first kappa shape index (κ1) is 36.3. The summed E-state index contributed by atoms with van der Waals surface area (Å²) in [6.45, 7) is 8.07. The predicted molar refractivity (Wildman–Crippen MR) is 192 cm³/mol. The van der Waals surface area contributed by atoms with Crippen LogP contribution in [0.4, 0.5) is 5.69 Å². The average molecular weight is 671 g/mol. The molecule has 0 spiro atoms. The van der Waals surface area contributed by atoms with Crippen LogP contribution < -0.4 is 20.3 Å². The summed E-state index contributed by atoms with van der Waals surface area (Å²) in [5.74, 6) is -1.01. The van der Waals surface area contributed by atoms with Gasteiger partial charge in [-0.3, -0.25) is 13.9 Å². The van der Waals surface area contributed by atoms with E-state index in [4.69, 9.17) is 0 Å². The summed E-state index contributed by atoms with van der Waals surface area (Å²) in [6.07, 6.45) is 0.427. The van der Waals surface area contributed by atoms with Crippen LogP contribution in [0.5, 0.6) is 0 Å². The first-order chi connectivity index (χ1) is 22.7. The molecule has 4 atom stereocenters. The van der Waals surface area contributed by atoms with Gasteiger partial charge in [0.05, 0.1) is 30.1 Å². The molecule has 0 aliphatic rings. The highest BCUT2D eigenvalue weighted by atomic mass is 32.2. The lowest BCUT2D eigenvalue weighted by molar-refractivity contribution is 0.0825. The fourth-order valence-corrected chi connectivity index (χ4v) is 5.98. The van der Waals surface area contributed by atoms with E-state index in [0.717, 1.165) is 38.4 Å². The van der Waals surface area contributed by atoms with Crippen LogP contribution in [0, 0.1) is 13.8 Å². The number of rotatable bonds is 14. The molecule has 0 saturated heterocycles. The number of aliphatic hydroxyl groups is 1. The van der Waals surface area contributed by atoms with Crippen LogP contribution in [0.25, 0.3) is 0 Å². The van der Waals surface area contributed by atoms with Crippen LogP contribution in [0.2, 0.25) is 0 Å². The van der Waals surface area contributed by atoms with E-state index < -0.39 is 34.0 Å². The number of aliphatic hydroxyl groups excluding tert-OH is 1. The molecule has 0 aromatic heterocycles. The maximum absolute atomic E-state index is 13.9. The van der Waals surface area contributed by atoms with Crippen molar-refractivity contribution in [1.29, 1.82) is 0 Å². The summed E-state index contributed by atoms with van der Waals surface area (Å²) >= 11 is 0. The molecular formula is C38H46N4O5S. The number of anilines is 1. The number of aryl methyl sites for hydroxylation is 2. The Hall–Kier alpha value is -4.51. The molecule has 48 heavy (non-hydrogen) atoms. The standard InChI is InChI=1S/C38H46N4O5S/c1-25-16-18-30(19-17-25)27(3)39-24-36(43)35(20-29-13-8-7-9-14-29)41-38(45)32-21-31(22-33(23-32)42(5)48(6,46)47)37(44)40-28(4)34-15-11-10-12-26(34)2/h7-19,21-23,27-28,35-36,39,43H,20,24H2,1-6H3,(H,40,44)(H,41,45)/t27-,28?,35+,36-/m1/s1. The highest BCUT2D eigenvalue weighted by molar-refractivity contribution is 7.92. The van der Waals surface area contributed by atoms with Gasteiger partial charge in [-0.05, 0) is 74.6 Å². The summed E-state index contributed by atoms with van der Waals surface area (Å²) in [6, 6.07) is 28.6. The number of sulfonamides is 1. The van der Waals surface area contributed by atoms with Gasteiger partial charge in [0.1, 0.15) is 0 Å². The van der Waals surface area contributed by atoms with Gasteiger partial charge in [0.25, 0.3) is 11.8 Å². The van der Waals surface area contributed by atoms with E-state index in [0.29, 0.717) is 6.42 Å². The molecule has 0 aliphatic carbocycles. The molecule has 254 valence electrons. The quantitative estimate of drug-likeness (QED) is 0.145. The lowest BCUT2D eigenvalue weighted by Crippen LogP contribution is -2.49. The van der Waals surface area contributed by atoms with Crippen molar-refractivity contribution in [3.05, 3.63) is 136 Å². The second-order valence-corrected chi connectivity index (χ2v) is 14.4. The monoisotopic (exact) mass is 670 g/mol. The van der Waals surface area contributed by atoms with Crippen molar-refractivity contribution in [3.63, 3.8) is 0 Å². The van der Waals surface area contributed by atoms with Crippen molar-refractivity contribution in [2.45, 2.75) is 58.3 Å². The van der Waals surface area contributed by atoms with Gasteiger partial charge in [-0.2, -0.15) is 0 Å². The predicted octanol–water partition coefficient (Wildman–Crippen LogP) is 5.24.